The molecule has 0 saturated heterocycles. The molecule has 1 saturated carbocycles. The fraction of sp³-hybridized carbons (Fsp3) is 0.360. The lowest BCUT2D eigenvalue weighted by Gasteiger charge is -2.24. The predicted octanol–water partition coefficient (Wildman–Crippen LogP) is 4.90. The van der Waals surface area contributed by atoms with Crippen LogP contribution in [0.2, 0.25) is 0 Å². The molecule has 0 spiro atoms. The van der Waals surface area contributed by atoms with Crippen LogP contribution < -0.4 is 15.5 Å². The quantitative estimate of drug-likeness (QED) is 0.486. The van der Waals surface area contributed by atoms with Gasteiger partial charge < -0.3 is 20.3 Å². The van der Waals surface area contributed by atoms with Crippen molar-refractivity contribution in [3.8, 4) is 12.3 Å². The van der Waals surface area contributed by atoms with Crippen molar-refractivity contribution in [1.29, 1.82) is 0 Å². The molecule has 166 valence electrons. The van der Waals surface area contributed by atoms with Crippen LogP contribution in [0.4, 0.5) is 16.2 Å². The Morgan fingerprint density at radius 1 is 1.16 bits per heavy atom. The second-order valence-electron chi connectivity index (χ2n) is 7.93. The van der Waals surface area contributed by atoms with E-state index in [1.165, 1.54) is 18.2 Å². The van der Waals surface area contributed by atoms with Crippen molar-refractivity contribution < 1.29 is 14.3 Å². The molecule has 0 bridgehead atoms. The van der Waals surface area contributed by atoms with Crippen molar-refractivity contribution in [2.24, 2.45) is 0 Å². The Labute approximate surface area is 193 Å². The number of fused-ring (bicyclic) bond motifs is 2. The minimum atomic E-state index is -0.188. The monoisotopic (exact) mass is 449 g/mol. The van der Waals surface area contributed by atoms with Gasteiger partial charge in [0.25, 0.3) is 5.91 Å². The second-order valence-corrected chi connectivity index (χ2v) is 9.01. The molecule has 4 rings (SSSR count). The first-order valence-electron chi connectivity index (χ1n) is 11.0. The summed E-state index contributed by atoms with van der Waals surface area (Å²) in [7, 11) is 0. The Hall–Kier alpha value is -2.95. The molecule has 3 amide bonds. The van der Waals surface area contributed by atoms with Crippen LogP contribution in [0.5, 0.6) is 0 Å². The van der Waals surface area contributed by atoms with Crippen molar-refractivity contribution in [2.75, 3.05) is 30.0 Å². The number of nitrogens with zero attached hydrogens (tertiary/aromatic N) is 1. The molecule has 6 nitrogen and oxygen atoms in total. The van der Waals surface area contributed by atoms with Crippen LogP contribution in [-0.2, 0) is 4.74 Å². The maximum absolute atomic E-state index is 13.3. The number of carbonyl (C=O) groups excluding carboxylic acids is 2. The van der Waals surface area contributed by atoms with E-state index in [0.29, 0.717) is 24.4 Å². The molecule has 2 aliphatic rings. The van der Waals surface area contributed by atoms with E-state index in [4.69, 9.17) is 11.2 Å². The average molecular weight is 450 g/mol. The molecule has 0 atom stereocenters. The zero-order valence-electron chi connectivity index (χ0n) is 17.9. The number of nitrogens with one attached hydrogen (secondary N) is 2. The van der Waals surface area contributed by atoms with E-state index >= 15 is 0 Å². The fourth-order valence-corrected chi connectivity index (χ4v) is 5.23. The third kappa shape index (κ3) is 5.26. The Balaban J connectivity index is 1.55. The molecule has 32 heavy (non-hydrogen) atoms. The Morgan fingerprint density at radius 3 is 2.78 bits per heavy atom. The number of terminal acetylenes is 1. The molecule has 0 radical (unpaired) electrons. The summed E-state index contributed by atoms with van der Waals surface area (Å²) >= 11 is 1.52. The van der Waals surface area contributed by atoms with E-state index in [1.54, 1.807) is 4.90 Å². The number of anilines is 2. The molecule has 2 aromatic rings. The second kappa shape index (κ2) is 10.6. The first kappa shape index (κ1) is 22.3. The first-order chi connectivity index (χ1) is 15.7. The summed E-state index contributed by atoms with van der Waals surface area (Å²) in [5.74, 6) is 2.37. The molecule has 2 N–H and O–H groups in total. The summed E-state index contributed by atoms with van der Waals surface area (Å²) in [5.41, 5.74) is 2.13. The number of ether oxygens (including phenoxy) is 1. The van der Waals surface area contributed by atoms with Crippen LogP contribution in [0, 0.1) is 12.3 Å². The lowest BCUT2D eigenvalue weighted by molar-refractivity contribution is 0.0968. The molecule has 1 aliphatic carbocycles. The molecular formula is C25H27N3O3S. The fourth-order valence-electron chi connectivity index (χ4n) is 4.11. The van der Waals surface area contributed by atoms with Gasteiger partial charge in [0.05, 0.1) is 17.9 Å². The van der Waals surface area contributed by atoms with Gasteiger partial charge in [-0.1, -0.05) is 49.1 Å². The van der Waals surface area contributed by atoms with Gasteiger partial charge in [-0.2, -0.15) is 0 Å². The predicted molar refractivity (Wildman–Crippen MR) is 127 cm³/mol. The normalized spacial score (nSPS) is 15.8. The summed E-state index contributed by atoms with van der Waals surface area (Å²) in [5, 5.41) is 6.03. The van der Waals surface area contributed by atoms with Crippen molar-refractivity contribution >= 4 is 35.1 Å². The largest absolute Gasteiger partial charge is 0.367 e. The maximum Gasteiger partial charge on any atom is 0.319 e. The number of hydrogen-bond acceptors (Lipinski definition) is 4. The van der Waals surface area contributed by atoms with E-state index in [1.807, 2.05) is 42.5 Å². The molecule has 1 aliphatic heterocycles. The standard InChI is InChI=1S/C25H27N3O3S/c1-2-15-31-16-14-28-21-13-12-19(27-25(30)26-18-8-4-3-5-9-18)17-23(21)32-22-11-7-6-10-20(22)24(28)29/h1,6-7,10-13,17-18H,3-5,8-9,14-16H2,(H2,26,27,30). The smallest absolute Gasteiger partial charge is 0.319 e. The maximum atomic E-state index is 13.3. The Morgan fingerprint density at radius 2 is 1.97 bits per heavy atom. The summed E-state index contributed by atoms with van der Waals surface area (Å²) in [6, 6.07) is 13.2. The first-order valence-corrected chi connectivity index (χ1v) is 11.8. The molecule has 2 aromatic carbocycles. The van der Waals surface area contributed by atoms with Gasteiger partial charge in [-0.15, -0.1) is 6.42 Å². The number of benzene rings is 2. The number of carbonyl (C=O) groups is 2. The summed E-state index contributed by atoms with van der Waals surface area (Å²) < 4.78 is 5.42. The molecule has 1 heterocycles. The number of urea groups is 1. The van der Waals surface area contributed by atoms with Crippen LogP contribution in [0.25, 0.3) is 0 Å². The lowest BCUT2D eigenvalue weighted by Crippen LogP contribution is -2.39. The van der Waals surface area contributed by atoms with Gasteiger partial charge in [0, 0.05) is 28.1 Å². The molecular weight excluding hydrogens is 422 g/mol. The summed E-state index contributed by atoms with van der Waals surface area (Å²) in [4.78, 5) is 29.3. The van der Waals surface area contributed by atoms with Gasteiger partial charge in [-0.25, -0.2) is 4.79 Å². The summed E-state index contributed by atoms with van der Waals surface area (Å²) in [6.45, 7) is 0.933. The van der Waals surface area contributed by atoms with Crippen molar-refractivity contribution in [3.05, 3.63) is 48.0 Å². The van der Waals surface area contributed by atoms with E-state index in [9.17, 15) is 9.59 Å². The third-order valence-corrected chi connectivity index (χ3v) is 6.80. The number of rotatable bonds is 6. The van der Waals surface area contributed by atoms with Gasteiger partial charge in [0.15, 0.2) is 0 Å². The van der Waals surface area contributed by atoms with Gasteiger partial charge in [0.2, 0.25) is 0 Å². The molecule has 0 unspecified atom stereocenters. The van der Waals surface area contributed by atoms with Crippen LogP contribution in [-0.4, -0.2) is 37.7 Å². The van der Waals surface area contributed by atoms with Crippen molar-refractivity contribution in [2.45, 2.75) is 47.9 Å². The van der Waals surface area contributed by atoms with E-state index < -0.39 is 0 Å². The van der Waals surface area contributed by atoms with Gasteiger partial charge in [-0.3, -0.25) is 4.79 Å². The van der Waals surface area contributed by atoms with Crippen LogP contribution in [0.15, 0.2) is 52.3 Å². The van der Waals surface area contributed by atoms with E-state index in [2.05, 4.69) is 16.6 Å². The number of amides is 3. The summed E-state index contributed by atoms with van der Waals surface area (Å²) in [6.07, 6.45) is 10.9. The SMILES string of the molecule is C#CCOCCN1C(=O)c2ccccc2Sc2cc(NC(=O)NC3CCCCC3)ccc21. The van der Waals surface area contributed by atoms with Crippen molar-refractivity contribution in [1.82, 2.24) is 5.32 Å². The molecule has 0 aromatic heterocycles. The molecule has 7 heteroatoms. The van der Waals surface area contributed by atoms with E-state index in [0.717, 1.165) is 41.2 Å². The Kier molecular flexibility index (Phi) is 7.35. The average Bonchev–Trinajstić information content (AvgIpc) is 2.91. The van der Waals surface area contributed by atoms with Crippen LogP contribution in [0.3, 0.4) is 0 Å². The van der Waals surface area contributed by atoms with Gasteiger partial charge in [0.1, 0.15) is 6.61 Å². The van der Waals surface area contributed by atoms with Gasteiger partial charge >= 0.3 is 6.03 Å². The zero-order valence-corrected chi connectivity index (χ0v) is 18.7. The highest BCUT2D eigenvalue weighted by Gasteiger charge is 2.27. The van der Waals surface area contributed by atoms with Crippen molar-refractivity contribution in [3.63, 3.8) is 0 Å². The zero-order chi connectivity index (χ0) is 22.3. The van der Waals surface area contributed by atoms with Gasteiger partial charge in [-0.05, 0) is 43.2 Å². The highest BCUT2D eigenvalue weighted by atomic mass is 32.2. The molecule has 1 fully saturated rings. The highest BCUT2D eigenvalue weighted by Crippen LogP contribution is 2.42. The van der Waals surface area contributed by atoms with Crippen LogP contribution >= 0.6 is 11.8 Å². The number of hydrogen-bond donors (Lipinski definition) is 2. The minimum Gasteiger partial charge on any atom is -0.367 e. The minimum absolute atomic E-state index is 0.0769. The Bertz CT molecular complexity index is 1030. The van der Waals surface area contributed by atoms with E-state index in [-0.39, 0.29) is 24.6 Å². The van der Waals surface area contributed by atoms with Crippen LogP contribution in [0.1, 0.15) is 42.5 Å². The highest BCUT2D eigenvalue weighted by molar-refractivity contribution is 7.99. The third-order valence-electron chi connectivity index (χ3n) is 5.68. The topological polar surface area (TPSA) is 70.7 Å². The lowest BCUT2D eigenvalue weighted by atomic mass is 9.96.